The summed E-state index contributed by atoms with van der Waals surface area (Å²) >= 11 is 3.34. The normalized spacial score (nSPS) is 12.9. The second-order valence-electron chi connectivity index (χ2n) is 4.56. The highest BCUT2D eigenvalue weighted by Crippen LogP contribution is 2.40. The van der Waals surface area contributed by atoms with Gasteiger partial charge in [0, 0.05) is 6.07 Å². The van der Waals surface area contributed by atoms with Crippen molar-refractivity contribution in [2.75, 3.05) is 6.79 Å². The number of halogens is 3. The number of fused-ring (bicyclic) bond motifs is 1. The highest BCUT2D eigenvalue weighted by molar-refractivity contribution is 9.10. The summed E-state index contributed by atoms with van der Waals surface area (Å²) < 4.78 is 37.6. The van der Waals surface area contributed by atoms with E-state index in [-0.39, 0.29) is 12.4 Å². The highest BCUT2D eigenvalue weighted by Gasteiger charge is 2.17. The van der Waals surface area contributed by atoms with Crippen molar-refractivity contribution in [2.45, 2.75) is 0 Å². The van der Waals surface area contributed by atoms with Crippen LogP contribution in [0.5, 0.6) is 11.5 Å². The largest absolute Gasteiger partial charge is 0.454 e. The van der Waals surface area contributed by atoms with Crippen molar-refractivity contribution in [1.82, 2.24) is 0 Å². The lowest BCUT2D eigenvalue weighted by atomic mass is 10.1. The number of hydrogen-bond acceptors (Lipinski definition) is 3. The van der Waals surface area contributed by atoms with Crippen molar-refractivity contribution >= 4 is 27.8 Å². The molecule has 1 heterocycles. The van der Waals surface area contributed by atoms with E-state index in [4.69, 9.17) is 9.47 Å². The zero-order valence-electron chi connectivity index (χ0n) is 11.1. The Kier molecular flexibility index (Phi) is 3.94. The Morgan fingerprint density at radius 3 is 2.77 bits per heavy atom. The maximum absolute atomic E-state index is 13.5. The maximum Gasteiger partial charge on any atom is 0.231 e. The summed E-state index contributed by atoms with van der Waals surface area (Å²) in [5.74, 6) is -0.993. The van der Waals surface area contributed by atoms with Crippen LogP contribution in [0.25, 0.3) is 6.08 Å². The van der Waals surface area contributed by atoms with E-state index in [0.29, 0.717) is 27.6 Å². The molecular weight excluding hydrogens is 358 g/mol. The molecule has 0 atom stereocenters. The van der Waals surface area contributed by atoms with Gasteiger partial charge >= 0.3 is 0 Å². The van der Waals surface area contributed by atoms with E-state index in [9.17, 15) is 13.6 Å². The molecule has 0 saturated heterocycles. The Labute approximate surface area is 133 Å². The van der Waals surface area contributed by atoms with Gasteiger partial charge in [-0.1, -0.05) is 6.08 Å². The summed E-state index contributed by atoms with van der Waals surface area (Å²) in [7, 11) is 0. The van der Waals surface area contributed by atoms with Crippen molar-refractivity contribution in [3.8, 4) is 11.5 Å². The monoisotopic (exact) mass is 366 g/mol. The molecule has 0 bridgehead atoms. The number of ketones is 1. The van der Waals surface area contributed by atoms with Crippen LogP contribution >= 0.6 is 15.9 Å². The minimum atomic E-state index is -0.887. The summed E-state index contributed by atoms with van der Waals surface area (Å²) in [5, 5.41) is 0. The fourth-order valence-corrected chi connectivity index (χ4v) is 2.61. The number of allylic oxidation sites excluding steroid dienone is 1. The molecule has 2 aromatic rings. The smallest absolute Gasteiger partial charge is 0.231 e. The van der Waals surface area contributed by atoms with Gasteiger partial charge in [0.05, 0.1) is 10.0 Å². The first-order valence-corrected chi connectivity index (χ1v) is 7.10. The summed E-state index contributed by atoms with van der Waals surface area (Å²) in [6.45, 7) is 0.140. The molecule has 0 aliphatic carbocycles. The third kappa shape index (κ3) is 2.87. The van der Waals surface area contributed by atoms with E-state index >= 15 is 0 Å². The minimum absolute atomic E-state index is 0.140. The molecule has 0 saturated carbocycles. The molecule has 0 N–H and O–H groups in total. The molecule has 0 unspecified atom stereocenters. The average molecular weight is 367 g/mol. The van der Waals surface area contributed by atoms with Crippen LogP contribution in [0.3, 0.4) is 0 Å². The molecule has 2 aromatic carbocycles. The fraction of sp³-hybridized carbons (Fsp3) is 0.0625. The van der Waals surface area contributed by atoms with Crippen LogP contribution < -0.4 is 9.47 Å². The van der Waals surface area contributed by atoms with E-state index < -0.39 is 17.4 Å². The van der Waals surface area contributed by atoms with Gasteiger partial charge in [-0.05, 0) is 51.8 Å². The highest BCUT2D eigenvalue weighted by atomic mass is 79.9. The maximum atomic E-state index is 13.5. The number of rotatable bonds is 3. The van der Waals surface area contributed by atoms with Gasteiger partial charge in [-0.2, -0.15) is 0 Å². The van der Waals surface area contributed by atoms with Gasteiger partial charge in [0.15, 0.2) is 17.3 Å². The zero-order valence-corrected chi connectivity index (χ0v) is 12.7. The van der Waals surface area contributed by atoms with Crippen molar-refractivity contribution in [3.05, 3.63) is 63.6 Å². The van der Waals surface area contributed by atoms with Gasteiger partial charge in [-0.25, -0.2) is 8.78 Å². The SMILES string of the molecule is O=C(/C=C/c1cc(Br)c2c(c1)OCO2)c1ccc(F)cc1F. The third-order valence-electron chi connectivity index (χ3n) is 3.07. The molecule has 6 heteroatoms. The molecule has 112 valence electrons. The van der Waals surface area contributed by atoms with E-state index in [1.165, 1.54) is 12.2 Å². The summed E-state index contributed by atoms with van der Waals surface area (Å²) in [6.07, 6.45) is 2.75. The molecule has 1 aliphatic rings. The number of hydrogen-bond donors (Lipinski definition) is 0. The molecule has 0 radical (unpaired) electrons. The average Bonchev–Trinajstić information content (AvgIpc) is 2.93. The Morgan fingerprint density at radius 1 is 1.18 bits per heavy atom. The molecule has 3 nitrogen and oxygen atoms in total. The first kappa shape index (κ1) is 14.7. The second-order valence-corrected chi connectivity index (χ2v) is 5.41. The zero-order chi connectivity index (χ0) is 15.7. The quantitative estimate of drug-likeness (QED) is 0.598. The Hall–Kier alpha value is -2.21. The number of ether oxygens (including phenoxy) is 2. The summed E-state index contributed by atoms with van der Waals surface area (Å²) in [5.41, 5.74) is 0.504. The number of carbonyl (C=O) groups excluding carboxylic acids is 1. The topological polar surface area (TPSA) is 35.5 Å². The summed E-state index contributed by atoms with van der Waals surface area (Å²) in [6, 6.07) is 6.29. The standard InChI is InChI=1S/C16H9BrF2O3/c17-12-5-9(6-15-16(12)22-8-21-15)1-4-14(20)11-3-2-10(18)7-13(11)19/h1-7H,8H2/b4-1+. The molecule has 0 spiro atoms. The number of benzene rings is 2. The van der Waals surface area contributed by atoms with Crippen LogP contribution in [0.2, 0.25) is 0 Å². The molecule has 0 amide bonds. The molecular formula is C16H9BrF2O3. The van der Waals surface area contributed by atoms with E-state index in [2.05, 4.69) is 15.9 Å². The van der Waals surface area contributed by atoms with Gasteiger partial charge in [0.25, 0.3) is 0 Å². The molecule has 3 rings (SSSR count). The van der Waals surface area contributed by atoms with Crippen LogP contribution in [-0.4, -0.2) is 12.6 Å². The van der Waals surface area contributed by atoms with Crippen molar-refractivity contribution in [1.29, 1.82) is 0 Å². The van der Waals surface area contributed by atoms with Crippen LogP contribution in [0.4, 0.5) is 8.78 Å². The third-order valence-corrected chi connectivity index (χ3v) is 3.66. The van der Waals surface area contributed by atoms with Crippen molar-refractivity contribution < 1.29 is 23.0 Å². The fourth-order valence-electron chi connectivity index (χ4n) is 2.03. The van der Waals surface area contributed by atoms with Gasteiger partial charge < -0.3 is 9.47 Å². The first-order valence-electron chi connectivity index (χ1n) is 6.31. The Morgan fingerprint density at radius 2 is 2.00 bits per heavy atom. The van der Waals surface area contributed by atoms with Gasteiger partial charge in [-0.3, -0.25) is 4.79 Å². The van der Waals surface area contributed by atoms with Gasteiger partial charge in [-0.15, -0.1) is 0 Å². The Bertz CT molecular complexity index is 787. The molecule has 0 aromatic heterocycles. The predicted octanol–water partition coefficient (Wildman–Crippen LogP) is 4.35. The van der Waals surface area contributed by atoms with E-state index in [1.54, 1.807) is 12.1 Å². The van der Waals surface area contributed by atoms with Gasteiger partial charge in [0.2, 0.25) is 6.79 Å². The van der Waals surface area contributed by atoms with Crippen LogP contribution in [0.15, 0.2) is 40.9 Å². The first-order chi connectivity index (χ1) is 10.5. The van der Waals surface area contributed by atoms with E-state index in [1.807, 2.05) is 0 Å². The van der Waals surface area contributed by atoms with Gasteiger partial charge in [0.1, 0.15) is 11.6 Å². The summed E-state index contributed by atoms with van der Waals surface area (Å²) in [4.78, 5) is 12.0. The number of carbonyl (C=O) groups is 1. The van der Waals surface area contributed by atoms with Crippen LogP contribution in [0.1, 0.15) is 15.9 Å². The lowest BCUT2D eigenvalue weighted by Gasteiger charge is -2.02. The van der Waals surface area contributed by atoms with Crippen molar-refractivity contribution in [3.63, 3.8) is 0 Å². The molecule has 1 aliphatic heterocycles. The van der Waals surface area contributed by atoms with E-state index in [0.717, 1.165) is 12.1 Å². The lowest BCUT2D eigenvalue weighted by Crippen LogP contribution is -1.99. The molecule has 22 heavy (non-hydrogen) atoms. The second kappa shape index (κ2) is 5.88. The minimum Gasteiger partial charge on any atom is -0.454 e. The molecule has 0 fully saturated rings. The lowest BCUT2D eigenvalue weighted by molar-refractivity contribution is 0.104. The van der Waals surface area contributed by atoms with Crippen LogP contribution in [-0.2, 0) is 0 Å². The van der Waals surface area contributed by atoms with Crippen LogP contribution in [0, 0.1) is 11.6 Å². The Balaban J connectivity index is 1.85. The van der Waals surface area contributed by atoms with Crippen molar-refractivity contribution in [2.24, 2.45) is 0 Å². The predicted molar refractivity (Wildman–Crippen MR) is 80.0 cm³/mol.